The van der Waals surface area contributed by atoms with Gasteiger partial charge >= 0.3 is 5.97 Å². The summed E-state index contributed by atoms with van der Waals surface area (Å²) in [5.74, 6) is -1.19. The highest BCUT2D eigenvalue weighted by atomic mass is 16.4. The number of hydrogen-bond acceptors (Lipinski definition) is 4. The maximum Gasteiger partial charge on any atom is 0.329 e. The first kappa shape index (κ1) is 10.6. The van der Waals surface area contributed by atoms with E-state index in [-0.39, 0.29) is 6.61 Å². The molecular formula is C6H10N2O4. The molecule has 0 amide bonds. The Bertz CT molecular complexity index is 209. The summed E-state index contributed by atoms with van der Waals surface area (Å²) in [5, 5.41) is 23.4. The van der Waals surface area contributed by atoms with Crippen LogP contribution in [0.1, 0.15) is 5.69 Å². The predicted octanol–water partition coefficient (Wildman–Crippen LogP) is -1.03. The number of imidazole rings is 1. The van der Waals surface area contributed by atoms with Crippen LogP contribution in [0.5, 0.6) is 0 Å². The van der Waals surface area contributed by atoms with E-state index in [0.29, 0.717) is 5.69 Å². The Balaban J connectivity index is 0.000000217. The number of aliphatic hydroxyl groups excluding tert-OH is 2. The molecule has 0 aliphatic rings. The van der Waals surface area contributed by atoms with Crippen LogP contribution in [-0.4, -0.2) is 37.9 Å². The monoisotopic (exact) mass is 174 g/mol. The second kappa shape index (κ2) is 6.32. The topological polar surface area (TPSA) is 106 Å². The number of aliphatic hydroxyl groups is 2. The minimum absolute atomic E-state index is 0.0174. The molecule has 0 saturated carbocycles. The number of carboxylic acids is 1. The van der Waals surface area contributed by atoms with Crippen LogP contribution in [0.25, 0.3) is 0 Å². The molecule has 0 aliphatic heterocycles. The van der Waals surface area contributed by atoms with Gasteiger partial charge in [0.05, 0.1) is 18.6 Å². The molecule has 68 valence electrons. The van der Waals surface area contributed by atoms with Crippen LogP contribution in [0.15, 0.2) is 12.5 Å². The molecular weight excluding hydrogens is 164 g/mol. The van der Waals surface area contributed by atoms with E-state index in [1.165, 1.54) is 6.33 Å². The average molecular weight is 174 g/mol. The van der Waals surface area contributed by atoms with Gasteiger partial charge in [0.1, 0.15) is 6.61 Å². The Kier molecular flexibility index (Phi) is 5.58. The molecule has 0 aliphatic carbocycles. The molecule has 0 radical (unpaired) electrons. The molecule has 1 aromatic heterocycles. The Morgan fingerprint density at radius 2 is 2.17 bits per heavy atom. The summed E-state index contributed by atoms with van der Waals surface area (Å²) in [4.78, 5) is 15.6. The van der Waals surface area contributed by atoms with Crippen LogP contribution in [0.4, 0.5) is 0 Å². The highest BCUT2D eigenvalue weighted by Crippen LogP contribution is 1.86. The zero-order valence-corrected chi connectivity index (χ0v) is 6.27. The largest absolute Gasteiger partial charge is 0.480 e. The molecule has 1 rings (SSSR count). The predicted molar refractivity (Wildman–Crippen MR) is 39.2 cm³/mol. The summed E-state index contributed by atoms with van der Waals surface area (Å²) in [6, 6.07) is 0. The van der Waals surface area contributed by atoms with Crippen LogP contribution in [-0.2, 0) is 11.4 Å². The Morgan fingerprint density at radius 1 is 1.58 bits per heavy atom. The van der Waals surface area contributed by atoms with Crippen molar-refractivity contribution in [2.45, 2.75) is 6.61 Å². The van der Waals surface area contributed by atoms with Crippen molar-refractivity contribution >= 4 is 5.97 Å². The van der Waals surface area contributed by atoms with Gasteiger partial charge in [-0.25, -0.2) is 9.78 Å². The van der Waals surface area contributed by atoms with Crippen molar-refractivity contribution in [1.29, 1.82) is 0 Å². The third-order valence-corrected chi connectivity index (χ3v) is 0.852. The lowest BCUT2D eigenvalue weighted by Gasteiger charge is -1.77. The van der Waals surface area contributed by atoms with Crippen LogP contribution in [0.2, 0.25) is 0 Å². The fourth-order valence-corrected chi connectivity index (χ4v) is 0.377. The fourth-order valence-electron chi connectivity index (χ4n) is 0.377. The standard InChI is InChI=1S/C4H6N2O.C2H4O3/c7-2-4-1-5-3-6-4;3-1-2(4)5/h1,3,7H,2H2,(H,5,6);3H,1H2,(H,4,5). The number of aromatic nitrogens is 2. The van der Waals surface area contributed by atoms with Gasteiger partial charge in [0.2, 0.25) is 0 Å². The highest BCUT2D eigenvalue weighted by Gasteiger charge is 1.84. The number of aromatic amines is 1. The number of aliphatic carboxylic acids is 1. The van der Waals surface area contributed by atoms with Crippen LogP contribution < -0.4 is 0 Å². The van der Waals surface area contributed by atoms with Crippen molar-refractivity contribution in [1.82, 2.24) is 9.97 Å². The molecule has 4 N–H and O–H groups in total. The molecule has 0 bridgehead atoms. The Labute approximate surface area is 68.5 Å². The minimum Gasteiger partial charge on any atom is -0.480 e. The molecule has 0 spiro atoms. The van der Waals surface area contributed by atoms with Crippen molar-refractivity contribution in [3.63, 3.8) is 0 Å². The van der Waals surface area contributed by atoms with Crippen molar-refractivity contribution < 1.29 is 20.1 Å². The zero-order valence-electron chi connectivity index (χ0n) is 6.27. The maximum absolute atomic E-state index is 9.12. The number of nitrogens with one attached hydrogen (secondary N) is 1. The van der Waals surface area contributed by atoms with Gasteiger partial charge in [-0.1, -0.05) is 0 Å². The Morgan fingerprint density at radius 3 is 2.33 bits per heavy atom. The van der Waals surface area contributed by atoms with Crippen LogP contribution in [0.3, 0.4) is 0 Å². The van der Waals surface area contributed by atoms with Crippen LogP contribution >= 0.6 is 0 Å². The maximum atomic E-state index is 9.12. The highest BCUT2D eigenvalue weighted by molar-refractivity contribution is 5.67. The van der Waals surface area contributed by atoms with Gasteiger partial charge in [-0.15, -0.1) is 0 Å². The quantitative estimate of drug-likeness (QED) is 0.458. The summed E-state index contributed by atoms with van der Waals surface area (Å²) in [6.45, 7) is -0.760. The first-order valence-corrected chi connectivity index (χ1v) is 3.12. The second-order valence-corrected chi connectivity index (χ2v) is 1.77. The molecule has 12 heavy (non-hydrogen) atoms. The SMILES string of the molecule is O=C(O)CO.OCc1c[nH]cn1. The van der Waals surface area contributed by atoms with E-state index in [2.05, 4.69) is 9.97 Å². The minimum atomic E-state index is -1.19. The molecule has 0 atom stereocenters. The number of carboxylic acid groups (broad SMARTS) is 1. The molecule has 0 fully saturated rings. The summed E-state index contributed by atoms with van der Waals surface area (Å²) >= 11 is 0. The van der Waals surface area contributed by atoms with Crippen molar-refractivity contribution in [3.05, 3.63) is 18.2 Å². The molecule has 0 saturated heterocycles. The molecule has 0 unspecified atom stereocenters. The van der Waals surface area contributed by atoms with Gasteiger partial charge in [0, 0.05) is 6.20 Å². The molecule has 1 heterocycles. The third-order valence-electron chi connectivity index (χ3n) is 0.852. The van der Waals surface area contributed by atoms with E-state index in [9.17, 15) is 0 Å². The van der Waals surface area contributed by atoms with Gasteiger partial charge in [-0.2, -0.15) is 0 Å². The summed E-state index contributed by atoms with van der Waals surface area (Å²) in [5.41, 5.74) is 0.681. The van der Waals surface area contributed by atoms with Gasteiger partial charge < -0.3 is 20.3 Å². The van der Waals surface area contributed by atoms with E-state index in [0.717, 1.165) is 0 Å². The van der Waals surface area contributed by atoms with E-state index in [1.54, 1.807) is 6.20 Å². The lowest BCUT2D eigenvalue weighted by Crippen LogP contribution is -1.98. The van der Waals surface area contributed by atoms with Gasteiger partial charge in [-0.05, 0) is 0 Å². The van der Waals surface area contributed by atoms with E-state index < -0.39 is 12.6 Å². The fraction of sp³-hybridized carbons (Fsp3) is 0.333. The van der Waals surface area contributed by atoms with Gasteiger partial charge in [0.25, 0.3) is 0 Å². The first-order chi connectivity index (χ1) is 5.70. The third kappa shape index (κ3) is 5.39. The van der Waals surface area contributed by atoms with Crippen molar-refractivity contribution in [3.8, 4) is 0 Å². The van der Waals surface area contributed by atoms with Crippen molar-refractivity contribution in [2.24, 2.45) is 0 Å². The lowest BCUT2D eigenvalue weighted by molar-refractivity contribution is -0.140. The smallest absolute Gasteiger partial charge is 0.329 e. The molecule has 6 heteroatoms. The van der Waals surface area contributed by atoms with Crippen molar-refractivity contribution in [2.75, 3.05) is 6.61 Å². The average Bonchev–Trinajstić information content (AvgIpc) is 2.57. The van der Waals surface area contributed by atoms with E-state index in [4.69, 9.17) is 20.1 Å². The zero-order chi connectivity index (χ0) is 9.40. The molecule has 1 aromatic rings. The van der Waals surface area contributed by atoms with E-state index in [1.807, 2.05) is 0 Å². The van der Waals surface area contributed by atoms with E-state index >= 15 is 0 Å². The van der Waals surface area contributed by atoms with Gasteiger partial charge in [0.15, 0.2) is 0 Å². The van der Waals surface area contributed by atoms with Crippen LogP contribution in [0, 0.1) is 0 Å². The number of rotatable bonds is 2. The second-order valence-electron chi connectivity index (χ2n) is 1.77. The number of hydrogen-bond donors (Lipinski definition) is 4. The summed E-state index contributed by atoms with van der Waals surface area (Å²) in [6.07, 6.45) is 3.19. The first-order valence-electron chi connectivity index (χ1n) is 3.12. The molecule has 6 nitrogen and oxygen atoms in total. The summed E-state index contributed by atoms with van der Waals surface area (Å²) in [7, 11) is 0. The number of nitrogens with zero attached hydrogens (tertiary/aromatic N) is 1. The number of H-pyrrole nitrogens is 1. The Hall–Kier alpha value is -1.40. The number of carbonyl (C=O) groups is 1. The molecule has 0 aromatic carbocycles. The summed E-state index contributed by atoms with van der Waals surface area (Å²) < 4.78 is 0. The normalized spacial score (nSPS) is 8.50. The van der Waals surface area contributed by atoms with Gasteiger partial charge in [-0.3, -0.25) is 0 Å². The lowest BCUT2D eigenvalue weighted by atomic mass is 10.5.